The summed E-state index contributed by atoms with van der Waals surface area (Å²) in [6, 6.07) is -0.671. The summed E-state index contributed by atoms with van der Waals surface area (Å²) in [5.41, 5.74) is -2.23. The lowest BCUT2D eigenvalue weighted by Crippen LogP contribution is -2.54. The van der Waals surface area contributed by atoms with Crippen LogP contribution in [0.5, 0.6) is 0 Å². The number of carbonyl (C=O) groups excluding carboxylic acids is 1. The third-order valence-electron chi connectivity index (χ3n) is 3.77. The van der Waals surface area contributed by atoms with Gasteiger partial charge in [0.05, 0.1) is 22.4 Å². The molecule has 0 rings (SSSR count). The lowest BCUT2D eigenvalue weighted by molar-refractivity contribution is -0.401. The summed E-state index contributed by atoms with van der Waals surface area (Å²) < 4.78 is 0. The normalized spacial score (nSPS) is 16.0. The van der Waals surface area contributed by atoms with E-state index in [9.17, 15) is 9.90 Å². The number of rotatable bonds is 10. The highest BCUT2D eigenvalue weighted by Gasteiger charge is 2.33. The van der Waals surface area contributed by atoms with E-state index in [1.54, 1.807) is 0 Å². The van der Waals surface area contributed by atoms with E-state index in [1.165, 1.54) is 4.90 Å². The summed E-state index contributed by atoms with van der Waals surface area (Å²) in [7, 11) is 0. The number of amides is 1. The zero-order valence-electron chi connectivity index (χ0n) is 20.0. The van der Waals surface area contributed by atoms with Gasteiger partial charge in [-0.1, -0.05) is 0 Å². The fourth-order valence-electron chi connectivity index (χ4n) is 2.96. The van der Waals surface area contributed by atoms with Crippen LogP contribution in [-0.4, -0.2) is 45.5 Å². The Bertz CT molecular complexity index is 452. The molecule has 1 amide bonds. The molecule has 0 aliphatic heterocycles. The topological polar surface area (TPSA) is 80.3 Å². The van der Waals surface area contributed by atoms with Gasteiger partial charge in [-0.15, -0.1) is 0 Å². The van der Waals surface area contributed by atoms with Crippen LogP contribution in [0.25, 0.3) is 0 Å². The number of hydrogen-bond donors (Lipinski definition) is 0. The molecule has 0 radical (unpaired) electrons. The van der Waals surface area contributed by atoms with Crippen molar-refractivity contribution in [3.8, 4) is 0 Å². The standard InChI is InChI=1S/C21H43NO6/c1-15(13-20(9,10)27-25-18(3,4)5)22(17(23)24)16(2)14-21(11,12)28-26-19(6,7)8/h15-16H,13-14H2,1-12H3,(H,23,24)/p-1. The largest absolute Gasteiger partial charge is 0.530 e. The maximum Gasteiger partial charge on any atom is 0.137 e. The van der Waals surface area contributed by atoms with Gasteiger partial charge in [-0.05, 0) is 95.9 Å². The fraction of sp³-hybridized carbons (Fsp3) is 0.952. The summed E-state index contributed by atoms with van der Waals surface area (Å²) >= 11 is 0. The number of carbonyl (C=O) groups is 1. The minimum Gasteiger partial charge on any atom is -0.530 e. The van der Waals surface area contributed by atoms with Crippen LogP contribution in [0, 0.1) is 0 Å². The molecule has 0 aromatic rings. The summed E-state index contributed by atoms with van der Waals surface area (Å²) in [6.07, 6.45) is -0.331. The zero-order valence-corrected chi connectivity index (χ0v) is 20.0. The van der Waals surface area contributed by atoms with Gasteiger partial charge in [0.15, 0.2) is 0 Å². The monoisotopic (exact) mass is 404 g/mol. The van der Waals surface area contributed by atoms with Gasteiger partial charge in [-0.3, -0.25) is 0 Å². The van der Waals surface area contributed by atoms with Gasteiger partial charge in [0.1, 0.15) is 6.09 Å². The molecule has 0 N–H and O–H groups in total. The average Bonchev–Trinajstić information content (AvgIpc) is 2.40. The van der Waals surface area contributed by atoms with Crippen molar-refractivity contribution in [1.29, 1.82) is 0 Å². The second-order valence-electron chi connectivity index (χ2n) is 10.9. The third-order valence-corrected chi connectivity index (χ3v) is 3.77. The highest BCUT2D eigenvalue weighted by molar-refractivity contribution is 5.63. The van der Waals surface area contributed by atoms with Gasteiger partial charge < -0.3 is 14.8 Å². The van der Waals surface area contributed by atoms with E-state index in [2.05, 4.69) is 0 Å². The Labute approximate surface area is 171 Å². The van der Waals surface area contributed by atoms with E-state index in [-0.39, 0.29) is 12.1 Å². The van der Waals surface area contributed by atoms with Crippen LogP contribution in [0.3, 0.4) is 0 Å². The molecular formula is C21H42NO6-. The van der Waals surface area contributed by atoms with Gasteiger partial charge in [-0.25, -0.2) is 19.6 Å². The molecule has 0 fully saturated rings. The van der Waals surface area contributed by atoms with E-state index in [0.29, 0.717) is 12.8 Å². The zero-order chi connectivity index (χ0) is 22.6. The molecule has 2 atom stereocenters. The van der Waals surface area contributed by atoms with Crippen molar-refractivity contribution in [2.75, 3.05) is 0 Å². The quantitative estimate of drug-likeness (QED) is 0.400. The van der Waals surface area contributed by atoms with Crippen molar-refractivity contribution in [2.24, 2.45) is 0 Å². The van der Waals surface area contributed by atoms with Gasteiger partial charge >= 0.3 is 0 Å². The maximum absolute atomic E-state index is 11.9. The van der Waals surface area contributed by atoms with E-state index >= 15 is 0 Å². The number of carboxylic acid groups (broad SMARTS) is 1. The van der Waals surface area contributed by atoms with Crippen LogP contribution in [0.4, 0.5) is 4.79 Å². The van der Waals surface area contributed by atoms with Crippen molar-refractivity contribution in [3.63, 3.8) is 0 Å². The SMILES string of the molecule is CC(CC(C)(C)OOC(C)(C)C)N(C(=O)[O-])C(C)CC(C)(C)OOC(C)(C)C. The summed E-state index contributed by atoms with van der Waals surface area (Å²) in [5.74, 6) is 0. The molecule has 0 spiro atoms. The molecule has 0 aromatic heterocycles. The first-order valence-corrected chi connectivity index (χ1v) is 9.98. The van der Waals surface area contributed by atoms with E-state index in [0.717, 1.165) is 0 Å². The molecule has 0 aliphatic carbocycles. The molecular weight excluding hydrogens is 362 g/mol. The van der Waals surface area contributed by atoms with E-state index in [4.69, 9.17) is 19.6 Å². The lowest BCUT2D eigenvalue weighted by Gasteiger charge is -2.42. The molecule has 0 saturated carbocycles. The van der Waals surface area contributed by atoms with Crippen LogP contribution < -0.4 is 5.11 Å². The van der Waals surface area contributed by atoms with Crippen LogP contribution in [0.15, 0.2) is 0 Å². The minimum atomic E-state index is -1.22. The maximum atomic E-state index is 11.9. The summed E-state index contributed by atoms with van der Waals surface area (Å²) in [5, 5.41) is 11.9. The highest BCUT2D eigenvalue weighted by Crippen LogP contribution is 2.27. The Kier molecular flexibility index (Phi) is 9.43. The smallest absolute Gasteiger partial charge is 0.137 e. The first-order valence-electron chi connectivity index (χ1n) is 9.98. The van der Waals surface area contributed by atoms with Crippen LogP contribution >= 0.6 is 0 Å². The predicted molar refractivity (Wildman–Crippen MR) is 107 cm³/mol. The van der Waals surface area contributed by atoms with Crippen molar-refractivity contribution in [3.05, 3.63) is 0 Å². The Morgan fingerprint density at radius 1 is 0.714 bits per heavy atom. The molecule has 0 aromatic carbocycles. The Hall–Kier alpha value is -0.890. The summed E-state index contributed by atoms with van der Waals surface area (Å²) in [6.45, 7) is 22.5. The molecule has 28 heavy (non-hydrogen) atoms. The first-order chi connectivity index (χ1) is 12.2. The van der Waals surface area contributed by atoms with Crippen molar-refractivity contribution in [1.82, 2.24) is 4.90 Å². The lowest BCUT2D eigenvalue weighted by atomic mass is 9.95. The third kappa shape index (κ3) is 11.8. The molecule has 0 saturated heterocycles. The highest BCUT2D eigenvalue weighted by atomic mass is 17.2. The predicted octanol–water partition coefficient (Wildman–Crippen LogP) is 4.24. The molecule has 7 heteroatoms. The second kappa shape index (κ2) is 9.74. The fourth-order valence-corrected chi connectivity index (χ4v) is 2.96. The first kappa shape index (κ1) is 27.1. The van der Waals surface area contributed by atoms with Crippen molar-refractivity contribution in [2.45, 2.75) is 130 Å². The van der Waals surface area contributed by atoms with Crippen LogP contribution in [-0.2, 0) is 19.6 Å². The molecule has 168 valence electrons. The molecule has 2 unspecified atom stereocenters. The van der Waals surface area contributed by atoms with Crippen LogP contribution in [0.2, 0.25) is 0 Å². The molecule has 0 aliphatic rings. The number of hydrogen-bond acceptors (Lipinski definition) is 6. The molecule has 0 heterocycles. The van der Waals surface area contributed by atoms with Crippen molar-refractivity contribution >= 4 is 6.09 Å². The van der Waals surface area contributed by atoms with E-state index < -0.39 is 28.5 Å². The molecule has 0 bridgehead atoms. The van der Waals surface area contributed by atoms with Gasteiger partial charge in [-0.2, -0.15) is 0 Å². The van der Waals surface area contributed by atoms with Crippen LogP contribution in [0.1, 0.15) is 95.9 Å². The Morgan fingerprint density at radius 2 is 1.00 bits per heavy atom. The second-order valence-corrected chi connectivity index (χ2v) is 10.9. The van der Waals surface area contributed by atoms with Gasteiger partial charge in [0.25, 0.3) is 0 Å². The van der Waals surface area contributed by atoms with Gasteiger partial charge in [0.2, 0.25) is 0 Å². The van der Waals surface area contributed by atoms with E-state index in [1.807, 2.05) is 83.1 Å². The summed E-state index contributed by atoms with van der Waals surface area (Å²) in [4.78, 5) is 35.2. The van der Waals surface area contributed by atoms with Gasteiger partial charge in [0, 0.05) is 12.1 Å². The average molecular weight is 405 g/mol. The molecule has 7 nitrogen and oxygen atoms in total. The van der Waals surface area contributed by atoms with Crippen molar-refractivity contribution < 1.29 is 29.5 Å². The Balaban J connectivity index is 5.06. The minimum absolute atomic E-state index is 0.335. The number of nitrogens with zero attached hydrogens (tertiary/aromatic N) is 1. The Morgan fingerprint density at radius 3 is 1.21 bits per heavy atom.